The quantitative estimate of drug-likeness (QED) is 0.407. The van der Waals surface area contributed by atoms with E-state index in [-0.39, 0.29) is 29.6 Å². The van der Waals surface area contributed by atoms with Gasteiger partial charge in [0.1, 0.15) is 0 Å². The monoisotopic (exact) mass is 178 g/mol. The van der Waals surface area contributed by atoms with Crippen LogP contribution >= 0.6 is 0 Å². The van der Waals surface area contributed by atoms with Crippen LogP contribution in [0, 0.1) is 0 Å². The summed E-state index contributed by atoms with van der Waals surface area (Å²) in [6.07, 6.45) is 0. The summed E-state index contributed by atoms with van der Waals surface area (Å²) >= 11 is -4.91. The molecule has 0 aromatic carbocycles. The molecule has 0 aromatic rings. The van der Waals surface area contributed by atoms with Crippen molar-refractivity contribution in [3.8, 4) is 0 Å². The van der Waals surface area contributed by atoms with Gasteiger partial charge in [-0.05, 0) is 0 Å². The van der Waals surface area contributed by atoms with Gasteiger partial charge >= 0.3 is 66.8 Å². The molecule has 0 saturated carbocycles. The van der Waals surface area contributed by atoms with E-state index < -0.39 is 14.5 Å². The molecule has 0 fully saturated rings. The normalized spacial score (nSPS) is 17.0. The van der Waals surface area contributed by atoms with Crippen LogP contribution in [0.4, 0.5) is 0 Å². The maximum Gasteiger partial charge on any atom is 1.00 e. The van der Waals surface area contributed by atoms with Gasteiger partial charge in [0, 0.05) is 0 Å². The van der Waals surface area contributed by atoms with Gasteiger partial charge in [-0.25, -0.2) is 0 Å². The van der Waals surface area contributed by atoms with Crippen LogP contribution < -0.4 is 33.7 Å². The third-order valence-corrected chi connectivity index (χ3v) is 1.20. The predicted molar refractivity (Wildman–Crippen MR) is 15.7 cm³/mol. The summed E-state index contributed by atoms with van der Waals surface area (Å²) < 4.78 is 30.1. The molecule has 0 aliphatic heterocycles. The average molecular weight is 178 g/mol. The van der Waals surface area contributed by atoms with Gasteiger partial charge in [0.05, 0.1) is 0 Å². The second-order valence-corrected chi connectivity index (χ2v) is 3.38. The van der Waals surface area contributed by atoms with Gasteiger partial charge in [0.25, 0.3) is 0 Å². The Bertz CT molecular complexity index is 75.8. The fourth-order valence-corrected chi connectivity index (χ4v) is 0. The zero-order chi connectivity index (χ0) is 5.21. The number of hydrogen-bond donors (Lipinski definition) is 1. The summed E-state index contributed by atoms with van der Waals surface area (Å²) in [6.45, 7) is 0. The summed E-state index contributed by atoms with van der Waals surface area (Å²) in [5.41, 5.74) is 0. The SMILES string of the molecule is CO[As](=O)([O-])O.[Na+]. The van der Waals surface area contributed by atoms with E-state index in [0.29, 0.717) is 0 Å². The molecule has 7 heavy (non-hydrogen) atoms. The van der Waals surface area contributed by atoms with Crippen molar-refractivity contribution in [1.29, 1.82) is 0 Å². The minimum atomic E-state index is -4.91. The smallest absolute Gasteiger partial charge is 1.00 e. The first kappa shape index (κ1) is 11.1. The summed E-state index contributed by atoms with van der Waals surface area (Å²) in [4.78, 5) is 0. The van der Waals surface area contributed by atoms with E-state index in [1.54, 1.807) is 0 Å². The van der Waals surface area contributed by atoms with Gasteiger partial charge in [0.2, 0.25) is 0 Å². The van der Waals surface area contributed by atoms with Crippen molar-refractivity contribution >= 4 is 14.5 Å². The molecule has 0 aromatic heterocycles. The van der Waals surface area contributed by atoms with Gasteiger partial charge in [0.15, 0.2) is 0 Å². The van der Waals surface area contributed by atoms with E-state index in [4.69, 9.17) is 4.10 Å². The van der Waals surface area contributed by atoms with E-state index >= 15 is 0 Å². The summed E-state index contributed by atoms with van der Waals surface area (Å²) in [6, 6.07) is 0. The van der Waals surface area contributed by atoms with Crippen LogP contribution in [-0.4, -0.2) is 25.7 Å². The van der Waals surface area contributed by atoms with E-state index in [1.807, 2.05) is 0 Å². The standard InChI is InChI=1S/CH5AsO4.Na/c1-6-2(3,4)5;/h1H3,(H2,3,4,5);/q;+1/p-1. The molecular weight excluding hydrogens is 174 g/mol. The Kier molecular flexibility index (Phi) is 6.58. The number of hydrogen-bond acceptors (Lipinski definition) is 3. The second kappa shape index (κ2) is 4.15. The maximum absolute atomic E-state index is 9.42. The average Bonchev–Trinajstić information content (AvgIpc) is 1.35. The molecule has 0 heterocycles. The Morgan fingerprint density at radius 3 is 2.00 bits per heavy atom. The fraction of sp³-hybridized carbons (Fsp3) is 1.00. The van der Waals surface area contributed by atoms with Crippen LogP contribution in [0.3, 0.4) is 0 Å². The zero-order valence-electron chi connectivity index (χ0n) is 4.12. The van der Waals surface area contributed by atoms with Gasteiger partial charge in [-0.2, -0.15) is 0 Å². The van der Waals surface area contributed by atoms with Crippen LogP contribution in [0.5, 0.6) is 0 Å². The van der Waals surface area contributed by atoms with Crippen molar-refractivity contribution in [1.82, 2.24) is 0 Å². The Balaban J connectivity index is 0. The van der Waals surface area contributed by atoms with Crippen molar-refractivity contribution in [3.05, 3.63) is 0 Å². The second-order valence-electron chi connectivity index (χ2n) is 0.651. The largest absolute Gasteiger partial charge is 1.00 e. The van der Waals surface area contributed by atoms with Gasteiger partial charge in [-0.15, -0.1) is 0 Å². The molecule has 0 saturated heterocycles. The molecule has 0 spiro atoms. The molecule has 0 rings (SSSR count). The van der Waals surface area contributed by atoms with Crippen LogP contribution in [-0.2, 0) is 7.47 Å². The molecular formula is CH4AsNaO4. The summed E-state index contributed by atoms with van der Waals surface area (Å²) in [5.74, 6) is 0. The van der Waals surface area contributed by atoms with E-state index in [0.717, 1.165) is 7.11 Å². The van der Waals surface area contributed by atoms with Crippen molar-refractivity contribution in [3.63, 3.8) is 0 Å². The molecule has 0 bridgehead atoms. The Morgan fingerprint density at radius 1 is 1.86 bits per heavy atom. The molecule has 0 radical (unpaired) electrons. The van der Waals surface area contributed by atoms with Crippen molar-refractivity contribution in [2.45, 2.75) is 0 Å². The molecule has 0 aliphatic rings. The molecule has 0 aliphatic carbocycles. The third-order valence-electron chi connectivity index (χ3n) is 0.231. The molecule has 4 nitrogen and oxygen atoms in total. The van der Waals surface area contributed by atoms with Crippen molar-refractivity contribution in [2.75, 3.05) is 7.11 Å². The number of rotatable bonds is 1. The predicted octanol–water partition coefficient (Wildman–Crippen LogP) is -5.14. The van der Waals surface area contributed by atoms with Crippen LogP contribution in [0.25, 0.3) is 0 Å². The van der Waals surface area contributed by atoms with Crippen LogP contribution in [0.1, 0.15) is 0 Å². The van der Waals surface area contributed by atoms with Crippen molar-refractivity contribution < 1.29 is 45.2 Å². The molecule has 0 amide bonds. The fourth-order valence-electron chi connectivity index (χ4n) is 0. The topological polar surface area (TPSA) is 69.6 Å². The van der Waals surface area contributed by atoms with Crippen LogP contribution in [0.15, 0.2) is 0 Å². The van der Waals surface area contributed by atoms with Gasteiger partial charge < -0.3 is 0 Å². The molecule has 6 heteroatoms. The van der Waals surface area contributed by atoms with Crippen molar-refractivity contribution in [2.24, 2.45) is 0 Å². The minimum absolute atomic E-state index is 0. The zero-order valence-corrected chi connectivity index (χ0v) is 8.00. The maximum atomic E-state index is 9.42. The van der Waals surface area contributed by atoms with E-state index in [9.17, 15) is 7.84 Å². The first-order valence-electron chi connectivity index (χ1n) is 1.16. The summed E-state index contributed by atoms with van der Waals surface area (Å²) in [5, 5.41) is 0. The first-order chi connectivity index (χ1) is 2.56. The Hall–Kier alpha value is 1.24. The van der Waals surface area contributed by atoms with Gasteiger partial charge in [-0.1, -0.05) is 0 Å². The Morgan fingerprint density at radius 2 is 2.00 bits per heavy atom. The van der Waals surface area contributed by atoms with E-state index in [2.05, 4.69) is 3.73 Å². The summed E-state index contributed by atoms with van der Waals surface area (Å²) in [7, 11) is 0.910. The van der Waals surface area contributed by atoms with Gasteiger partial charge in [-0.3, -0.25) is 0 Å². The minimum Gasteiger partial charge on any atom is 1.00 e. The molecule has 1 atom stereocenters. The molecule has 1 N–H and O–H groups in total. The molecule has 1 unspecified atom stereocenters. The van der Waals surface area contributed by atoms with Crippen LogP contribution in [0.2, 0.25) is 0 Å². The first-order valence-corrected chi connectivity index (χ1v) is 4.29. The molecule has 38 valence electrons. The Labute approximate surface area is 66.5 Å². The third kappa shape index (κ3) is 11.1. The van der Waals surface area contributed by atoms with E-state index in [1.165, 1.54) is 0 Å².